The van der Waals surface area contributed by atoms with E-state index in [-0.39, 0.29) is 23.7 Å². The highest BCUT2D eigenvalue weighted by molar-refractivity contribution is 9.10. The molecule has 4 aromatic rings. The molecule has 0 atom stereocenters. The predicted molar refractivity (Wildman–Crippen MR) is 127 cm³/mol. The van der Waals surface area contributed by atoms with Gasteiger partial charge in [0.25, 0.3) is 5.56 Å². The zero-order chi connectivity index (χ0) is 23.0. The number of hydrogen-bond donors (Lipinski definition) is 1. The van der Waals surface area contributed by atoms with E-state index in [0.717, 1.165) is 21.1 Å². The first-order chi connectivity index (χ1) is 15.3. The number of anilines is 1. The van der Waals surface area contributed by atoms with Crippen LogP contribution in [0.1, 0.15) is 23.2 Å². The second kappa shape index (κ2) is 8.70. The summed E-state index contributed by atoms with van der Waals surface area (Å²) < 4.78 is 17.8. The van der Waals surface area contributed by atoms with Crippen molar-refractivity contribution < 1.29 is 9.18 Å². The molecule has 0 saturated carbocycles. The van der Waals surface area contributed by atoms with Gasteiger partial charge in [0.2, 0.25) is 5.91 Å². The average Bonchev–Trinajstić information content (AvgIpc) is 3.09. The molecule has 0 aliphatic heterocycles. The maximum absolute atomic E-state index is 13.8. The van der Waals surface area contributed by atoms with Crippen LogP contribution >= 0.6 is 15.9 Å². The van der Waals surface area contributed by atoms with Gasteiger partial charge in [0.1, 0.15) is 11.5 Å². The van der Waals surface area contributed by atoms with Crippen molar-refractivity contribution in [2.75, 3.05) is 5.32 Å². The number of carbonyl (C=O) groups is 1. The summed E-state index contributed by atoms with van der Waals surface area (Å²) in [5.41, 5.74) is 3.73. The maximum atomic E-state index is 13.8. The van der Waals surface area contributed by atoms with Crippen LogP contribution in [0.15, 0.2) is 57.8 Å². The molecule has 1 N–H and O–H groups in total. The Hall–Kier alpha value is -3.26. The van der Waals surface area contributed by atoms with Gasteiger partial charge in [0.05, 0.1) is 11.4 Å². The van der Waals surface area contributed by atoms with Gasteiger partial charge in [-0.05, 0) is 62.2 Å². The van der Waals surface area contributed by atoms with Gasteiger partial charge < -0.3 is 5.32 Å². The van der Waals surface area contributed by atoms with Crippen LogP contribution in [0.5, 0.6) is 0 Å². The third-order valence-electron chi connectivity index (χ3n) is 5.51. The molecule has 0 fully saturated rings. The van der Waals surface area contributed by atoms with E-state index in [9.17, 15) is 14.0 Å². The zero-order valence-electron chi connectivity index (χ0n) is 17.9. The second-order valence-corrected chi connectivity index (χ2v) is 8.62. The molecule has 0 spiro atoms. The summed E-state index contributed by atoms with van der Waals surface area (Å²) in [6.45, 7) is 3.73. The smallest absolute Gasteiger partial charge is 0.255 e. The molecule has 2 aromatic heterocycles. The van der Waals surface area contributed by atoms with Gasteiger partial charge in [-0.2, -0.15) is 5.10 Å². The summed E-state index contributed by atoms with van der Waals surface area (Å²) in [4.78, 5) is 25.7. The summed E-state index contributed by atoms with van der Waals surface area (Å²) in [6.07, 6.45) is 0.476. The third kappa shape index (κ3) is 4.10. The summed E-state index contributed by atoms with van der Waals surface area (Å²) in [5, 5.41) is 8.26. The molecule has 1 amide bonds. The molecule has 0 unspecified atom stereocenters. The first kappa shape index (κ1) is 22.0. The van der Waals surface area contributed by atoms with E-state index >= 15 is 0 Å². The Balaban J connectivity index is 1.69. The van der Waals surface area contributed by atoms with Crippen molar-refractivity contribution in [3.05, 3.63) is 86.0 Å². The topological polar surface area (TPSA) is 68.9 Å². The SMILES string of the molecule is Cc1nn(-c2cccc(F)c2)c2c1c(C)c(CCC(=O)Nc1cccc(Br)c1)c(=O)n2C. The van der Waals surface area contributed by atoms with Gasteiger partial charge >= 0.3 is 0 Å². The molecular weight excluding hydrogens is 475 g/mol. The maximum Gasteiger partial charge on any atom is 0.255 e. The van der Waals surface area contributed by atoms with Crippen molar-refractivity contribution in [3.63, 3.8) is 0 Å². The summed E-state index contributed by atoms with van der Waals surface area (Å²) >= 11 is 3.38. The first-order valence-electron chi connectivity index (χ1n) is 10.2. The van der Waals surface area contributed by atoms with Crippen molar-refractivity contribution in [2.45, 2.75) is 26.7 Å². The Labute approximate surface area is 192 Å². The van der Waals surface area contributed by atoms with Crippen molar-refractivity contribution in [3.8, 4) is 5.69 Å². The predicted octanol–water partition coefficient (Wildman–Crippen LogP) is 4.81. The van der Waals surface area contributed by atoms with Crippen molar-refractivity contribution in [1.29, 1.82) is 0 Å². The molecule has 2 aromatic carbocycles. The van der Waals surface area contributed by atoms with Gasteiger partial charge in [-0.25, -0.2) is 9.07 Å². The Morgan fingerprint density at radius 1 is 1.16 bits per heavy atom. The van der Waals surface area contributed by atoms with Crippen LogP contribution in [0.3, 0.4) is 0 Å². The minimum Gasteiger partial charge on any atom is -0.326 e. The van der Waals surface area contributed by atoms with Gasteiger partial charge in [-0.1, -0.05) is 28.1 Å². The highest BCUT2D eigenvalue weighted by Gasteiger charge is 2.20. The normalized spacial score (nSPS) is 11.2. The summed E-state index contributed by atoms with van der Waals surface area (Å²) in [6, 6.07) is 13.4. The number of rotatable bonds is 5. The number of fused-ring (bicyclic) bond motifs is 1. The van der Waals surface area contributed by atoms with Gasteiger partial charge in [0, 0.05) is 34.6 Å². The molecule has 164 valence electrons. The Bertz CT molecular complexity index is 1410. The fourth-order valence-corrected chi connectivity index (χ4v) is 4.38. The van der Waals surface area contributed by atoms with Crippen LogP contribution in [0, 0.1) is 19.7 Å². The molecule has 0 saturated heterocycles. The number of aryl methyl sites for hydroxylation is 3. The van der Waals surface area contributed by atoms with E-state index in [1.807, 2.05) is 38.1 Å². The van der Waals surface area contributed by atoms with Crippen LogP contribution in [-0.4, -0.2) is 20.3 Å². The zero-order valence-corrected chi connectivity index (χ0v) is 19.5. The van der Waals surface area contributed by atoms with E-state index in [4.69, 9.17) is 0 Å². The van der Waals surface area contributed by atoms with Crippen LogP contribution in [-0.2, 0) is 18.3 Å². The summed E-state index contributed by atoms with van der Waals surface area (Å²) in [5.74, 6) is -0.546. The number of amides is 1. The quantitative estimate of drug-likeness (QED) is 0.430. The average molecular weight is 497 g/mol. The van der Waals surface area contributed by atoms with E-state index in [1.165, 1.54) is 16.7 Å². The lowest BCUT2D eigenvalue weighted by Gasteiger charge is -2.13. The van der Waals surface area contributed by atoms with E-state index in [0.29, 0.717) is 29.0 Å². The standard InChI is InChI=1S/C24H22BrFN4O2/c1-14-20(10-11-21(31)27-18-8-4-6-16(25)12-18)24(32)29(3)23-22(14)15(2)28-30(23)19-9-5-7-17(26)13-19/h4-9,12-13H,10-11H2,1-3H3,(H,27,31). The van der Waals surface area contributed by atoms with E-state index in [2.05, 4.69) is 26.3 Å². The van der Waals surface area contributed by atoms with Crippen LogP contribution in [0.4, 0.5) is 10.1 Å². The Morgan fingerprint density at radius 2 is 1.91 bits per heavy atom. The van der Waals surface area contributed by atoms with E-state index in [1.54, 1.807) is 23.9 Å². The van der Waals surface area contributed by atoms with Crippen molar-refractivity contribution >= 4 is 38.6 Å². The van der Waals surface area contributed by atoms with Crippen molar-refractivity contribution in [1.82, 2.24) is 14.3 Å². The number of benzene rings is 2. The molecule has 0 radical (unpaired) electrons. The highest BCUT2D eigenvalue weighted by atomic mass is 79.9. The molecule has 32 heavy (non-hydrogen) atoms. The molecule has 0 bridgehead atoms. The van der Waals surface area contributed by atoms with Gasteiger partial charge in [-0.15, -0.1) is 0 Å². The number of nitrogens with one attached hydrogen (secondary N) is 1. The largest absolute Gasteiger partial charge is 0.326 e. The van der Waals surface area contributed by atoms with Gasteiger partial charge in [-0.3, -0.25) is 14.2 Å². The van der Waals surface area contributed by atoms with Crippen LogP contribution in [0.2, 0.25) is 0 Å². The molecule has 0 aliphatic rings. The minimum atomic E-state index is -0.376. The second-order valence-electron chi connectivity index (χ2n) is 7.70. The van der Waals surface area contributed by atoms with Crippen LogP contribution in [0.25, 0.3) is 16.7 Å². The number of aromatic nitrogens is 3. The third-order valence-corrected chi connectivity index (χ3v) is 6.00. The number of nitrogens with zero attached hydrogens (tertiary/aromatic N) is 3. The number of halogens is 2. The molecule has 2 heterocycles. The first-order valence-corrected chi connectivity index (χ1v) is 10.9. The van der Waals surface area contributed by atoms with Crippen molar-refractivity contribution in [2.24, 2.45) is 7.05 Å². The molecular formula is C24H22BrFN4O2. The monoisotopic (exact) mass is 496 g/mol. The molecule has 0 aliphatic carbocycles. The summed E-state index contributed by atoms with van der Waals surface area (Å²) in [7, 11) is 1.67. The van der Waals surface area contributed by atoms with E-state index < -0.39 is 0 Å². The lowest BCUT2D eigenvalue weighted by atomic mass is 10.0. The molecule has 8 heteroatoms. The Morgan fingerprint density at radius 3 is 2.62 bits per heavy atom. The van der Waals surface area contributed by atoms with Gasteiger partial charge in [0.15, 0.2) is 0 Å². The lowest BCUT2D eigenvalue weighted by Crippen LogP contribution is -2.25. The minimum absolute atomic E-state index is 0.170. The lowest BCUT2D eigenvalue weighted by molar-refractivity contribution is -0.116. The van der Waals surface area contributed by atoms with Crippen LogP contribution < -0.4 is 10.9 Å². The highest BCUT2D eigenvalue weighted by Crippen LogP contribution is 2.26. The number of hydrogen-bond acceptors (Lipinski definition) is 3. The fraction of sp³-hybridized carbons (Fsp3) is 0.208. The Kier molecular flexibility index (Phi) is 5.97. The molecule has 4 rings (SSSR count). The number of pyridine rings is 1. The fourth-order valence-electron chi connectivity index (χ4n) is 3.98. The number of carbonyl (C=O) groups excluding carboxylic acids is 1. The molecule has 6 nitrogen and oxygen atoms in total.